The van der Waals surface area contributed by atoms with Crippen LogP contribution in [0.1, 0.15) is 0 Å². The lowest BCUT2D eigenvalue weighted by Gasteiger charge is -2.09. The van der Waals surface area contributed by atoms with Crippen LogP contribution < -0.4 is 16.0 Å². The molecule has 0 saturated carbocycles. The number of nitrogens with two attached hydrogens (primary N) is 1. The molecule has 0 bridgehead atoms. The average Bonchev–Trinajstić information content (AvgIpc) is 2.14. The van der Waals surface area contributed by atoms with Gasteiger partial charge in [0.25, 0.3) is 5.88 Å². The van der Waals surface area contributed by atoms with E-state index in [2.05, 4.69) is 20.1 Å². The van der Waals surface area contributed by atoms with Crippen LogP contribution in [-0.2, 0) is 0 Å². The predicted molar refractivity (Wildman–Crippen MR) is 41.4 cm³/mol. The molecule has 0 aliphatic carbocycles. The highest BCUT2D eigenvalue weighted by molar-refractivity contribution is 5.42. The molecule has 0 saturated heterocycles. The van der Waals surface area contributed by atoms with Gasteiger partial charge in [0.05, 0.1) is 0 Å². The summed E-state index contributed by atoms with van der Waals surface area (Å²) in [7, 11) is 0. The second kappa shape index (κ2) is 4.09. The Morgan fingerprint density at radius 2 is 2.00 bits per heavy atom. The van der Waals surface area contributed by atoms with Gasteiger partial charge in [-0.2, -0.15) is 13.2 Å². The van der Waals surface area contributed by atoms with Crippen LogP contribution in [0.2, 0.25) is 0 Å². The predicted octanol–water partition coefficient (Wildman–Crippen LogP) is 0.703. The molecule has 14 heavy (non-hydrogen) atoms. The molecule has 0 aliphatic heterocycles. The highest BCUT2D eigenvalue weighted by Crippen LogP contribution is 2.20. The molecule has 0 amide bonds. The summed E-state index contributed by atoms with van der Waals surface area (Å²) in [5.74, 6) is 4.65. The minimum Gasteiger partial charge on any atom is -0.465 e. The number of nitrogens with zero attached hydrogens (tertiary/aromatic N) is 2. The van der Waals surface area contributed by atoms with Crippen molar-refractivity contribution in [1.29, 1.82) is 0 Å². The molecular weight excluding hydrogens is 201 g/mol. The maximum Gasteiger partial charge on any atom is 0.422 e. The number of rotatable bonds is 3. The Bertz CT molecular complexity index is 303. The Labute approximate surface area is 77.1 Å². The quantitative estimate of drug-likeness (QED) is 0.565. The molecule has 1 aromatic rings. The average molecular weight is 208 g/mol. The van der Waals surface area contributed by atoms with Crippen molar-refractivity contribution in [3.05, 3.63) is 12.4 Å². The van der Waals surface area contributed by atoms with Crippen molar-refractivity contribution in [3.8, 4) is 5.88 Å². The minimum atomic E-state index is -4.41. The van der Waals surface area contributed by atoms with E-state index >= 15 is 0 Å². The molecule has 78 valence electrons. The van der Waals surface area contributed by atoms with Crippen LogP contribution in [0.3, 0.4) is 0 Å². The lowest BCUT2D eigenvalue weighted by atomic mass is 10.6. The fraction of sp³-hybridized carbons (Fsp3) is 0.333. The minimum absolute atomic E-state index is 0.0447. The summed E-state index contributed by atoms with van der Waals surface area (Å²) < 4.78 is 39.6. The number of hydrogen-bond donors (Lipinski definition) is 2. The normalized spacial score (nSPS) is 11.1. The van der Waals surface area contributed by atoms with E-state index in [0.717, 1.165) is 0 Å². The van der Waals surface area contributed by atoms with E-state index in [1.807, 2.05) is 0 Å². The third-order valence-electron chi connectivity index (χ3n) is 1.17. The van der Waals surface area contributed by atoms with E-state index in [4.69, 9.17) is 5.84 Å². The van der Waals surface area contributed by atoms with Crippen LogP contribution >= 0.6 is 0 Å². The van der Waals surface area contributed by atoms with E-state index < -0.39 is 12.8 Å². The van der Waals surface area contributed by atoms with E-state index in [1.54, 1.807) is 0 Å². The van der Waals surface area contributed by atoms with Crippen molar-refractivity contribution >= 4 is 5.82 Å². The number of alkyl halides is 3. The number of ether oxygens (including phenoxy) is 1. The molecule has 1 aromatic heterocycles. The van der Waals surface area contributed by atoms with E-state index in [1.165, 1.54) is 12.4 Å². The first-order valence-electron chi connectivity index (χ1n) is 3.50. The van der Waals surface area contributed by atoms with Gasteiger partial charge in [0.2, 0.25) is 5.82 Å². The number of aromatic nitrogens is 2. The lowest BCUT2D eigenvalue weighted by molar-refractivity contribution is -0.154. The zero-order valence-corrected chi connectivity index (χ0v) is 6.88. The van der Waals surface area contributed by atoms with Gasteiger partial charge in [0.1, 0.15) is 0 Å². The summed E-state index contributed by atoms with van der Waals surface area (Å²) in [5.41, 5.74) is 2.07. The third-order valence-corrected chi connectivity index (χ3v) is 1.17. The Kier molecular flexibility index (Phi) is 3.07. The van der Waals surface area contributed by atoms with Gasteiger partial charge in [0, 0.05) is 12.4 Å². The van der Waals surface area contributed by atoms with Gasteiger partial charge >= 0.3 is 6.18 Å². The van der Waals surface area contributed by atoms with Crippen molar-refractivity contribution in [1.82, 2.24) is 9.97 Å². The smallest absolute Gasteiger partial charge is 0.422 e. The molecule has 3 N–H and O–H groups in total. The topological polar surface area (TPSA) is 73.1 Å². The monoisotopic (exact) mass is 208 g/mol. The van der Waals surface area contributed by atoms with Gasteiger partial charge < -0.3 is 10.2 Å². The van der Waals surface area contributed by atoms with E-state index in [0.29, 0.717) is 0 Å². The van der Waals surface area contributed by atoms with Gasteiger partial charge in [-0.15, -0.1) is 0 Å². The van der Waals surface area contributed by atoms with Crippen molar-refractivity contribution in [2.24, 2.45) is 5.84 Å². The van der Waals surface area contributed by atoms with Crippen LogP contribution in [0.4, 0.5) is 19.0 Å². The Morgan fingerprint density at radius 1 is 1.36 bits per heavy atom. The highest BCUT2D eigenvalue weighted by Gasteiger charge is 2.29. The first-order valence-corrected chi connectivity index (χ1v) is 3.50. The van der Waals surface area contributed by atoms with E-state index in [9.17, 15) is 13.2 Å². The molecular formula is C6H7F3N4O. The van der Waals surface area contributed by atoms with Crippen molar-refractivity contribution in [2.45, 2.75) is 6.18 Å². The summed E-state index contributed by atoms with van der Waals surface area (Å²) in [5, 5.41) is 0. The van der Waals surface area contributed by atoms with E-state index in [-0.39, 0.29) is 11.7 Å². The number of halogens is 3. The Hall–Kier alpha value is -1.57. The first-order chi connectivity index (χ1) is 6.53. The summed E-state index contributed by atoms with van der Waals surface area (Å²) in [6, 6.07) is 0. The first kappa shape index (κ1) is 10.5. The van der Waals surface area contributed by atoms with Gasteiger partial charge in [0.15, 0.2) is 6.61 Å². The Morgan fingerprint density at radius 3 is 2.57 bits per heavy atom. The van der Waals surface area contributed by atoms with Crippen LogP contribution in [0, 0.1) is 0 Å². The van der Waals surface area contributed by atoms with Crippen molar-refractivity contribution < 1.29 is 17.9 Å². The van der Waals surface area contributed by atoms with Crippen LogP contribution in [0.15, 0.2) is 12.4 Å². The zero-order chi connectivity index (χ0) is 10.6. The number of hydrogen-bond acceptors (Lipinski definition) is 5. The molecule has 0 atom stereocenters. The number of nitrogen functional groups attached to an aromatic ring is 1. The SMILES string of the molecule is NNc1nccnc1OCC(F)(F)F. The van der Waals surface area contributed by atoms with Crippen LogP contribution in [0.5, 0.6) is 5.88 Å². The van der Waals surface area contributed by atoms with Crippen LogP contribution in [-0.4, -0.2) is 22.8 Å². The molecule has 0 spiro atoms. The standard InChI is InChI=1S/C6H7F3N4O/c7-6(8,9)3-14-5-4(13-10)11-1-2-12-5/h1-2H,3,10H2,(H,11,13). The summed E-state index contributed by atoms with van der Waals surface area (Å²) in [6.07, 6.45) is -1.94. The van der Waals surface area contributed by atoms with Gasteiger partial charge in [-0.1, -0.05) is 0 Å². The van der Waals surface area contributed by atoms with Crippen molar-refractivity contribution in [3.63, 3.8) is 0 Å². The summed E-state index contributed by atoms with van der Waals surface area (Å²) >= 11 is 0. The maximum atomic E-state index is 11.8. The molecule has 0 unspecified atom stereocenters. The molecule has 0 aromatic carbocycles. The molecule has 0 fully saturated rings. The zero-order valence-electron chi connectivity index (χ0n) is 6.88. The van der Waals surface area contributed by atoms with Gasteiger partial charge in [-0.25, -0.2) is 15.8 Å². The van der Waals surface area contributed by atoms with Gasteiger partial charge in [-0.05, 0) is 0 Å². The number of nitrogens with one attached hydrogen (secondary N) is 1. The summed E-state index contributed by atoms with van der Waals surface area (Å²) in [4.78, 5) is 7.13. The largest absolute Gasteiger partial charge is 0.465 e. The molecule has 5 nitrogen and oxygen atoms in total. The van der Waals surface area contributed by atoms with Gasteiger partial charge in [-0.3, -0.25) is 0 Å². The second-order valence-corrected chi connectivity index (χ2v) is 2.26. The second-order valence-electron chi connectivity index (χ2n) is 2.26. The molecule has 0 aliphatic rings. The third kappa shape index (κ3) is 3.05. The molecule has 8 heteroatoms. The lowest BCUT2D eigenvalue weighted by Crippen LogP contribution is -2.21. The fourth-order valence-corrected chi connectivity index (χ4v) is 0.680. The van der Waals surface area contributed by atoms with Crippen molar-refractivity contribution in [2.75, 3.05) is 12.0 Å². The number of anilines is 1. The Balaban J connectivity index is 2.67. The fourth-order valence-electron chi connectivity index (χ4n) is 0.680. The maximum absolute atomic E-state index is 11.8. The van der Waals surface area contributed by atoms with Crippen LogP contribution in [0.25, 0.3) is 0 Å². The molecule has 1 rings (SSSR count). The number of hydrazine groups is 1. The molecule has 1 heterocycles. The summed E-state index contributed by atoms with van der Waals surface area (Å²) in [6.45, 7) is -1.43. The molecule has 0 radical (unpaired) electrons. The highest BCUT2D eigenvalue weighted by atomic mass is 19.4.